The fourth-order valence-electron chi connectivity index (χ4n) is 6.73. The summed E-state index contributed by atoms with van der Waals surface area (Å²) in [5, 5.41) is 72.1. The van der Waals surface area contributed by atoms with Crippen molar-refractivity contribution in [2.75, 3.05) is 33.0 Å². The number of aliphatic hydroxyl groups excluding tert-OH is 7. The van der Waals surface area contributed by atoms with E-state index in [1.807, 2.05) is 12.2 Å². The molecule has 69 heavy (non-hydrogen) atoms. The van der Waals surface area contributed by atoms with Crippen LogP contribution in [0.2, 0.25) is 0 Å². The van der Waals surface area contributed by atoms with Crippen molar-refractivity contribution in [2.24, 2.45) is 0 Å². The molecule has 0 aliphatic carbocycles. The smallest absolute Gasteiger partial charge is 0.310 e. The van der Waals surface area contributed by atoms with Gasteiger partial charge in [-0.05, 0) is 83.5 Å². The number of carbonyl (C=O) groups is 1. The van der Waals surface area contributed by atoms with E-state index in [1.165, 1.54) is 0 Å². The number of rotatable bonds is 36. The molecule has 11 atom stereocenters. The number of carbonyl (C=O) groups excluding carboxylic acids is 1. The first-order chi connectivity index (χ1) is 33.6. The number of esters is 1. The normalized spacial score (nSPS) is 26.9. The highest BCUT2D eigenvalue weighted by molar-refractivity contribution is 5.71. The van der Waals surface area contributed by atoms with Crippen LogP contribution in [0.1, 0.15) is 104 Å². The van der Waals surface area contributed by atoms with Gasteiger partial charge in [0.05, 0.1) is 32.8 Å². The summed E-state index contributed by atoms with van der Waals surface area (Å²) >= 11 is 0. The molecule has 0 aromatic heterocycles. The van der Waals surface area contributed by atoms with Crippen molar-refractivity contribution in [3.63, 3.8) is 0 Å². The molecule has 2 aliphatic heterocycles. The number of hydrogen-bond donors (Lipinski definition) is 7. The summed E-state index contributed by atoms with van der Waals surface area (Å²) in [5.41, 5.74) is 0. The van der Waals surface area contributed by atoms with Gasteiger partial charge in [-0.25, -0.2) is 0 Å². The van der Waals surface area contributed by atoms with E-state index in [2.05, 4.69) is 129 Å². The van der Waals surface area contributed by atoms with Gasteiger partial charge >= 0.3 is 5.97 Å². The summed E-state index contributed by atoms with van der Waals surface area (Å²) in [6, 6.07) is 0. The van der Waals surface area contributed by atoms with E-state index in [0.717, 1.165) is 70.6 Å². The summed E-state index contributed by atoms with van der Waals surface area (Å²) < 4.78 is 34.0. The minimum Gasteiger partial charge on any atom is -0.457 e. The predicted molar refractivity (Wildman–Crippen MR) is 270 cm³/mol. The molecule has 0 spiro atoms. The molecule has 0 saturated carbocycles. The molecule has 11 unspecified atom stereocenters. The molecule has 388 valence electrons. The maximum atomic E-state index is 12.9. The first kappa shape index (κ1) is 61.3. The molecular weight excluding hydrogens is 885 g/mol. The molecule has 0 radical (unpaired) electrons. The maximum Gasteiger partial charge on any atom is 0.310 e. The summed E-state index contributed by atoms with van der Waals surface area (Å²) in [7, 11) is 0. The third kappa shape index (κ3) is 28.5. The van der Waals surface area contributed by atoms with Gasteiger partial charge in [-0.3, -0.25) is 4.79 Å². The van der Waals surface area contributed by atoms with Gasteiger partial charge in [0.2, 0.25) is 0 Å². The second-order valence-electron chi connectivity index (χ2n) is 16.5. The Morgan fingerprint density at radius 3 is 1.32 bits per heavy atom. The van der Waals surface area contributed by atoms with E-state index >= 15 is 0 Å². The molecule has 0 aromatic rings. The number of unbranched alkanes of at least 4 members (excludes halogenated alkanes) is 1. The number of aliphatic hydroxyl groups is 7. The Bertz CT molecular complexity index is 1640. The molecular formula is C55H84O14. The molecule has 2 rings (SSSR count). The SMILES string of the molecule is CC/C=C\C/C=C\C/C=C\C/C=C\C/C=C\C/C=C\CCCOCC(COC1OC(COC2OC(CO)C(O)C(O)C2O)C(O)C(O)C1O)OC(=O)C/C=C\C/C=C\C/C=C\C/C=C\C/C=C\CC. The Balaban J connectivity index is 1.85. The van der Waals surface area contributed by atoms with Crippen molar-refractivity contribution < 1.29 is 69.0 Å². The molecule has 2 fully saturated rings. The van der Waals surface area contributed by atoms with Crippen LogP contribution in [-0.4, -0.2) is 142 Å². The molecule has 2 heterocycles. The zero-order valence-corrected chi connectivity index (χ0v) is 41.0. The summed E-state index contributed by atoms with van der Waals surface area (Å²) in [4.78, 5) is 12.9. The van der Waals surface area contributed by atoms with Gasteiger partial charge in [-0.2, -0.15) is 0 Å². The van der Waals surface area contributed by atoms with E-state index in [-0.39, 0.29) is 19.6 Å². The average molecular weight is 969 g/mol. The number of allylic oxidation sites excluding steroid dienone is 21. The van der Waals surface area contributed by atoms with Crippen LogP contribution in [0.4, 0.5) is 0 Å². The molecule has 0 amide bonds. The Labute approximate surface area is 411 Å². The van der Waals surface area contributed by atoms with Gasteiger partial charge in [-0.1, -0.05) is 148 Å². The fourth-order valence-corrected chi connectivity index (χ4v) is 6.73. The van der Waals surface area contributed by atoms with Crippen LogP contribution in [0.25, 0.3) is 0 Å². The van der Waals surface area contributed by atoms with Crippen LogP contribution in [0.5, 0.6) is 0 Å². The van der Waals surface area contributed by atoms with Gasteiger partial charge in [0.25, 0.3) is 0 Å². The number of hydrogen-bond acceptors (Lipinski definition) is 14. The van der Waals surface area contributed by atoms with Crippen LogP contribution >= 0.6 is 0 Å². The lowest BCUT2D eigenvalue weighted by Gasteiger charge is -2.42. The quantitative estimate of drug-likeness (QED) is 0.0188. The van der Waals surface area contributed by atoms with Crippen LogP contribution in [-0.2, 0) is 33.2 Å². The second kappa shape index (κ2) is 40.8. The highest BCUT2D eigenvalue weighted by atomic mass is 16.7. The first-order valence-corrected chi connectivity index (χ1v) is 24.8. The molecule has 14 heteroatoms. The van der Waals surface area contributed by atoms with Gasteiger partial charge in [-0.15, -0.1) is 0 Å². The van der Waals surface area contributed by atoms with Crippen molar-refractivity contribution >= 4 is 5.97 Å². The Morgan fingerprint density at radius 2 is 0.870 bits per heavy atom. The highest BCUT2D eigenvalue weighted by Crippen LogP contribution is 2.26. The highest BCUT2D eigenvalue weighted by Gasteiger charge is 2.47. The number of ether oxygens (including phenoxy) is 6. The molecule has 14 nitrogen and oxygen atoms in total. The molecule has 2 aliphatic rings. The van der Waals surface area contributed by atoms with Gasteiger partial charge < -0.3 is 64.2 Å². The minimum atomic E-state index is -1.74. The lowest BCUT2D eigenvalue weighted by atomic mass is 9.98. The van der Waals surface area contributed by atoms with Crippen LogP contribution in [0.3, 0.4) is 0 Å². The summed E-state index contributed by atoms with van der Waals surface area (Å²) in [6.07, 6.45) is 41.3. The largest absolute Gasteiger partial charge is 0.457 e. The average Bonchev–Trinajstić information content (AvgIpc) is 3.35. The fraction of sp³-hybridized carbons (Fsp3) is 0.582. The van der Waals surface area contributed by atoms with Crippen LogP contribution < -0.4 is 0 Å². The zero-order valence-electron chi connectivity index (χ0n) is 41.0. The van der Waals surface area contributed by atoms with Gasteiger partial charge in [0, 0.05) is 6.61 Å². The van der Waals surface area contributed by atoms with Crippen molar-refractivity contribution in [2.45, 2.75) is 171 Å². The molecule has 2 saturated heterocycles. The third-order valence-electron chi connectivity index (χ3n) is 10.7. The van der Waals surface area contributed by atoms with Crippen LogP contribution in [0, 0.1) is 0 Å². The van der Waals surface area contributed by atoms with E-state index in [1.54, 1.807) is 6.08 Å². The first-order valence-electron chi connectivity index (χ1n) is 24.8. The lowest BCUT2D eigenvalue weighted by Crippen LogP contribution is -2.61. The van der Waals surface area contributed by atoms with Gasteiger partial charge in [0.1, 0.15) is 54.9 Å². The van der Waals surface area contributed by atoms with E-state index < -0.39 is 86.7 Å². The van der Waals surface area contributed by atoms with Crippen molar-refractivity contribution in [3.05, 3.63) is 134 Å². The second-order valence-corrected chi connectivity index (χ2v) is 16.5. The maximum absolute atomic E-state index is 12.9. The molecule has 0 bridgehead atoms. The lowest BCUT2D eigenvalue weighted by molar-refractivity contribution is -0.332. The standard InChI is InChI=1S/C55H84O14/c1-3-5-7-9-11-13-15-17-19-20-21-22-23-25-27-29-31-33-35-37-39-64-41-44(67-47(57)38-36-34-32-30-28-26-24-18-16-14-12-10-8-6-4-2)42-65-54-53(63)51(61)49(59)46(69-54)43-66-55-52(62)50(60)48(58)45(40-56)68-55/h5-8,11-14,17-19,21-22,24-25,27-28,30-31,33-34,36,44-46,48-56,58-63H,3-4,9-10,15-16,20,23,26,29,32,35,37-43H2,1-2H3/b7-5-,8-6-,13-11-,14-12-,19-17-,22-21-,24-18-,27-25-,30-28-,33-31-,36-34-. The van der Waals surface area contributed by atoms with Gasteiger partial charge in [0.15, 0.2) is 12.6 Å². The molecule has 0 aromatic carbocycles. The van der Waals surface area contributed by atoms with Crippen molar-refractivity contribution in [3.8, 4) is 0 Å². The Morgan fingerprint density at radius 1 is 0.478 bits per heavy atom. The zero-order chi connectivity index (χ0) is 50.2. The topological polar surface area (TPSA) is 214 Å². The van der Waals surface area contributed by atoms with Crippen LogP contribution in [0.15, 0.2) is 134 Å². The van der Waals surface area contributed by atoms with Crippen molar-refractivity contribution in [1.82, 2.24) is 0 Å². The minimum absolute atomic E-state index is 0.00245. The predicted octanol–water partition coefficient (Wildman–Crippen LogP) is 7.17. The van der Waals surface area contributed by atoms with Crippen molar-refractivity contribution in [1.29, 1.82) is 0 Å². The summed E-state index contributed by atoms with van der Waals surface area (Å²) in [5.74, 6) is -0.530. The van der Waals surface area contributed by atoms with E-state index in [4.69, 9.17) is 28.4 Å². The van der Waals surface area contributed by atoms with E-state index in [0.29, 0.717) is 19.4 Å². The summed E-state index contributed by atoms with van der Waals surface area (Å²) in [6.45, 7) is 3.12. The van der Waals surface area contributed by atoms with E-state index in [9.17, 15) is 40.5 Å². The molecule has 7 N–H and O–H groups in total. The third-order valence-corrected chi connectivity index (χ3v) is 10.7. The Hall–Kier alpha value is -3.87. The Kier molecular flexibility index (Phi) is 36.2. The monoisotopic (exact) mass is 969 g/mol.